The van der Waals surface area contributed by atoms with E-state index in [1.165, 1.54) is 18.4 Å². The monoisotopic (exact) mass is 319 g/mol. The molecule has 2 heterocycles. The number of rotatable bonds is 7. The second-order valence-electron chi connectivity index (χ2n) is 7.09. The smallest absolute Gasteiger partial charge is 0.193 e. The third kappa shape index (κ3) is 5.88. The summed E-state index contributed by atoms with van der Waals surface area (Å²) in [6, 6.07) is 0. The third-order valence-electron chi connectivity index (χ3n) is 4.37. The van der Waals surface area contributed by atoms with Crippen molar-refractivity contribution >= 4 is 5.96 Å². The summed E-state index contributed by atoms with van der Waals surface area (Å²) in [6.07, 6.45) is 8.80. The van der Waals surface area contributed by atoms with Gasteiger partial charge in [-0.15, -0.1) is 0 Å². The van der Waals surface area contributed by atoms with Crippen molar-refractivity contribution in [1.29, 1.82) is 0 Å². The summed E-state index contributed by atoms with van der Waals surface area (Å²) in [5.41, 5.74) is 1.30. The highest BCUT2D eigenvalue weighted by molar-refractivity contribution is 5.80. The lowest BCUT2D eigenvalue weighted by Gasteiger charge is -2.22. The van der Waals surface area contributed by atoms with Crippen LogP contribution in [0.3, 0.4) is 0 Å². The van der Waals surface area contributed by atoms with Gasteiger partial charge in [0.05, 0.1) is 6.20 Å². The Labute approximate surface area is 141 Å². The predicted molar refractivity (Wildman–Crippen MR) is 96.6 cm³/mol. The molecule has 5 nitrogen and oxygen atoms in total. The zero-order valence-corrected chi connectivity index (χ0v) is 15.3. The Morgan fingerprint density at radius 2 is 2.30 bits per heavy atom. The van der Waals surface area contributed by atoms with E-state index in [0.29, 0.717) is 0 Å². The number of likely N-dealkylation sites (tertiary alicyclic amines) is 1. The van der Waals surface area contributed by atoms with E-state index in [2.05, 4.69) is 42.3 Å². The molecule has 130 valence electrons. The van der Waals surface area contributed by atoms with Crippen LogP contribution in [0.25, 0.3) is 0 Å². The number of hydrogen-bond donors (Lipinski definition) is 1. The maximum atomic E-state index is 4.84. The van der Waals surface area contributed by atoms with Gasteiger partial charge in [-0.25, -0.2) is 0 Å². The summed E-state index contributed by atoms with van der Waals surface area (Å²) in [6.45, 7) is 10.9. The number of aryl methyl sites for hydroxylation is 2. The van der Waals surface area contributed by atoms with Gasteiger partial charge in [0.15, 0.2) is 5.96 Å². The van der Waals surface area contributed by atoms with Crippen molar-refractivity contribution in [3.05, 3.63) is 18.0 Å². The Bertz CT molecular complexity index is 491. The van der Waals surface area contributed by atoms with Crippen LogP contribution in [0.15, 0.2) is 17.4 Å². The van der Waals surface area contributed by atoms with Crippen LogP contribution < -0.4 is 5.32 Å². The number of nitrogens with zero attached hydrogens (tertiary/aromatic N) is 4. The van der Waals surface area contributed by atoms with E-state index >= 15 is 0 Å². The molecule has 0 aliphatic carbocycles. The minimum atomic E-state index is 0.791. The van der Waals surface area contributed by atoms with Crippen LogP contribution in [0.2, 0.25) is 0 Å². The van der Waals surface area contributed by atoms with Crippen LogP contribution in [-0.4, -0.2) is 46.8 Å². The molecule has 23 heavy (non-hydrogen) atoms. The van der Waals surface area contributed by atoms with Crippen molar-refractivity contribution in [2.24, 2.45) is 23.9 Å². The first-order valence-electron chi connectivity index (χ1n) is 9.09. The Hall–Kier alpha value is -1.52. The zero-order valence-electron chi connectivity index (χ0n) is 15.3. The molecule has 0 spiro atoms. The van der Waals surface area contributed by atoms with Crippen molar-refractivity contribution in [2.75, 3.05) is 26.2 Å². The molecule has 2 rings (SSSR count). The number of aliphatic imine (C=N–C) groups is 1. The van der Waals surface area contributed by atoms with E-state index < -0.39 is 0 Å². The normalized spacial score (nSPS) is 18.9. The highest BCUT2D eigenvalue weighted by Gasteiger charge is 2.25. The van der Waals surface area contributed by atoms with E-state index in [1.54, 1.807) is 0 Å². The lowest BCUT2D eigenvalue weighted by atomic mass is 9.97. The fourth-order valence-corrected chi connectivity index (χ4v) is 3.38. The summed E-state index contributed by atoms with van der Waals surface area (Å²) >= 11 is 0. The highest BCUT2D eigenvalue weighted by atomic mass is 15.3. The average Bonchev–Trinajstić information content (AvgIpc) is 3.11. The van der Waals surface area contributed by atoms with Crippen LogP contribution in [0.4, 0.5) is 0 Å². The van der Waals surface area contributed by atoms with Crippen molar-refractivity contribution < 1.29 is 0 Å². The van der Waals surface area contributed by atoms with Gasteiger partial charge in [-0.05, 0) is 50.0 Å². The molecule has 5 heteroatoms. The molecule has 1 aliphatic rings. The van der Waals surface area contributed by atoms with Gasteiger partial charge >= 0.3 is 0 Å². The van der Waals surface area contributed by atoms with Crippen molar-refractivity contribution in [3.63, 3.8) is 0 Å². The Kier molecular flexibility index (Phi) is 6.93. The van der Waals surface area contributed by atoms with Crippen LogP contribution >= 0.6 is 0 Å². The van der Waals surface area contributed by atoms with Gasteiger partial charge in [0.1, 0.15) is 0 Å². The van der Waals surface area contributed by atoms with Crippen LogP contribution in [-0.2, 0) is 13.5 Å². The highest BCUT2D eigenvalue weighted by Crippen LogP contribution is 2.23. The third-order valence-corrected chi connectivity index (χ3v) is 4.37. The van der Waals surface area contributed by atoms with Crippen molar-refractivity contribution in [3.8, 4) is 0 Å². The van der Waals surface area contributed by atoms with E-state index in [9.17, 15) is 0 Å². The van der Waals surface area contributed by atoms with E-state index in [1.807, 2.05) is 17.9 Å². The maximum absolute atomic E-state index is 4.84. The fraction of sp³-hybridized carbons (Fsp3) is 0.778. The van der Waals surface area contributed by atoms with Gasteiger partial charge in [0.2, 0.25) is 0 Å². The number of aromatic nitrogens is 2. The number of nitrogens with one attached hydrogen (secondary N) is 1. The van der Waals surface area contributed by atoms with Crippen LogP contribution in [0.5, 0.6) is 0 Å². The lowest BCUT2D eigenvalue weighted by molar-refractivity contribution is 0.403. The standard InChI is InChI=1S/C18H33N5/c1-5-19-18(23-10-8-16(14-23)11-15(2)3)20-9-6-7-17-12-21-22(4)13-17/h12-13,15-16H,5-11,14H2,1-4H3,(H,19,20). The van der Waals surface area contributed by atoms with Gasteiger partial charge in [-0.2, -0.15) is 5.10 Å². The first-order valence-corrected chi connectivity index (χ1v) is 9.09. The second kappa shape index (κ2) is 8.94. The fourth-order valence-electron chi connectivity index (χ4n) is 3.38. The maximum Gasteiger partial charge on any atom is 0.193 e. The second-order valence-corrected chi connectivity index (χ2v) is 7.09. The Balaban J connectivity index is 1.80. The molecule has 0 amide bonds. The summed E-state index contributed by atoms with van der Waals surface area (Å²) < 4.78 is 1.86. The average molecular weight is 319 g/mol. The van der Waals surface area contributed by atoms with Crippen LogP contribution in [0, 0.1) is 11.8 Å². The molecule has 1 aromatic rings. The van der Waals surface area contributed by atoms with Crippen LogP contribution in [0.1, 0.15) is 45.6 Å². The molecule has 0 radical (unpaired) electrons. The molecular formula is C18H33N5. The first-order chi connectivity index (χ1) is 11.1. The Morgan fingerprint density at radius 1 is 1.48 bits per heavy atom. The molecule has 1 aliphatic heterocycles. The van der Waals surface area contributed by atoms with Gasteiger partial charge in [0.25, 0.3) is 0 Å². The quantitative estimate of drug-likeness (QED) is 0.477. The predicted octanol–water partition coefficient (Wildman–Crippen LogP) is 2.69. The number of guanidine groups is 1. The van der Waals surface area contributed by atoms with Crippen molar-refractivity contribution in [1.82, 2.24) is 20.0 Å². The molecule has 1 atom stereocenters. The topological polar surface area (TPSA) is 45.5 Å². The van der Waals surface area contributed by atoms with Crippen molar-refractivity contribution in [2.45, 2.75) is 46.5 Å². The largest absolute Gasteiger partial charge is 0.357 e. The molecule has 0 aromatic carbocycles. The van der Waals surface area contributed by atoms with E-state index in [-0.39, 0.29) is 0 Å². The van der Waals surface area contributed by atoms with E-state index in [4.69, 9.17) is 4.99 Å². The van der Waals surface area contributed by atoms with Gasteiger partial charge in [-0.1, -0.05) is 13.8 Å². The SMILES string of the molecule is CCNC(=NCCCc1cnn(C)c1)N1CCC(CC(C)C)C1. The first kappa shape index (κ1) is 17.8. The summed E-state index contributed by atoms with van der Waals surface area (Å²) in [4.78, 5) is 7.28. The molecule has 0 saturated carbocycles. The molecule has 1 unspecified atom stereocenters. The molecular weight excluding hydrogens is 286 g/mol. The van der Waals surface area contributed by atoms with Gasteiger partial charge in [-0.3, -0.25) is 9.67 Å². The minimum absolute atomic E-state index is 0.791. The molecule has 1 saturated heterocycles. The summed E-state index contributed by atoms with van der Waals surface area (Å²) in [5.74, 6) is 2.72. The Morgan fingerprint density at radius 3 is 2.96 bits per heavy atom. The number of hydrogen-bond acceptors (Lipinski definition) is 2. The summed E-state index contributed by atoms with van der Waals surface area (Å²) in [7, 11) is 1.96. The molecule has 1 aromatic heterocycles. The summed E-state index contributed by atoms with van der Waals surface area (Å²) in [5, 5.41) is 7.68. The van der Waals surface area contributed by atoms with Gasteiger partial charge in [0, 0.05) is 39.4 Å². The molecule has 0 bridgehead atoms. The molecule has 1 fully saturated rings. The lowest BCUT2D eigenvalue weighted by Crippen LogP contribution is -2.40. The molecule has 1 N–H and O–H groups in total. The minimum Gasteiger partial charge on any atom is -0.357 e. The van der Waals surface area contributed by atoms with E-state index in [0.717, 1.165) is 56.8 Å². The van der Waals surface area contributed by atoms with Gasteiger partial charge < -0.3 is 10.2 Å². The zero-order chi connectivity index (χ0) is 16.7.